The molecule has 1 aromatic carbocycles. The second-order valence-corrected chi connectivity index (χ2v) is 7.52. The molecule has 27 heavy (non-hydrogen) atoms. The molecule has 0 radical (unpaired) electrons. The first kappa shape index (κ1) is 20.8. The molecule has 0 aromatic heterocycles. The third-order valence-corrected chi connectivity index (χ3v) is 4.26. The van der Waals surface area contributed by atoms with E-state index in [0.29, 0.717) is 15.8 Å². The third-order valence-electron chi connectivity index (χ3n) is 3.77. The van der Waals surface area contributed by atoms with Crippen LogP contribution in [0.3, 0.4) is 0 Å². The third kappa shape index (κ3) is 4.61. The quantitative estimate of drug-likeness (QED) is 0.556. The molecule has 1 heterocycles. The van der Waals surface area contributed by atoms with Gasteiger partial charge in [-0.2, -0.15) is 5.26 Å². The molecule has 0 saturated carbocycles. The van der Waals surface area contributed by atoms with Gasteiger partial charge in [-0.15, -0.1) is 0 Å². The number of nitrogens with two attached hydrogens (primary N) is 1. The van der Waals surface area contributed by atoms with E-state index in [-0.39, 0.29) is 11.5 Å². The van der Waals surface area contributed by atoms with Crippen LogP contribution >= 0.6 is 15.9 Å². The van der Waals surface area contributed by atoms with Crippen molar-refractivity contribution in [1.29, 1.82) is 5.26 Å². The predicted octanol–water partition coefficient (Wildman–Crippen LogP) is 3.14. The SMILES string of the molecule is CC(C)OC(=O)C(C(=O)OC(C)C)[C@H]1C(C#N)=C(N)Oc2ccc(Br)cc21. The van der Waals surface area contributed by atoms with Crippen molar-refractivity contribution in [2.75, 3.05) is 0 Å². The van der Waals surface area contributed by atoms with E-state index in [0.717, 1.165) is 0 Å². The lowest BCUT2D eigenvalue weighted by molar-refractivity contribution is -0.167. The highest BCUT2D eigenvalue weighted by Crippen LogP contribution is 2.44. The van der Waals surface area contributed by atoms with Crippen molar-refractivity contribution in [2.45, 2.75) is 45.8 Å². The van der Waals surface area contributed by atoms with Crippen LogP contribution in [0.15, 0.2) is 34.1 Å². The number of allylic oxidation sites excluding steroid dienone is 1. The minimum absolute atomic E-state index is 0.0213. The summed E-state index contributed by atoms with van der Waals surface area (Å²) in [6, 6.07) is 7.02. The molecule has 0 aliphatic carbocycles. The van der Waals surface area contributed by atoms with Crippen molar-refractivity contribution in [1.82, 2.24) is 0 Å². The van der Waals surface area contributed by atoms with E-state index in [1.807, 2.05) is 6.07 Å². The Labute approximate surface area is 166 Å². The molecule has 0 fully saturated rings. The summed E-state index contributed by atoms with van der Waals surface area (Å²) in [5.41, 5.74) is 6.34. The van der Waals surface area contributed by atoms with E-state index >= 15 is 0 Å². The van der Waals surface area contributed by atoms with Crippen molar-refractivity contribution in [3.63, 3.8) is 0 Å². The van der Waals surface area contributed by atoms with Gasteiger partial charge in [0.15, 0.2) is 5.92 Å². The van der Waals surface area contributed by atoms with E-state index in [2.05, 4.69) is 15.9 Å². The number of hydrogen-bond donors (Lipinski definition) is 1. The van der Waals surface area contributed by atoms with Crippen molar-refractivity contribution in [3.8, 4) is 11.8 Å². The van der Waals surface area contributed by atoms with Crippen molar-refractivity contribution < 1.29 is 23.8 Å². The number of halogens is 1. The zero-order valence-electron chi connectivity index (χ0n) is 15.5. The van der Waals surface area contributed by atoms with Gasteiger partial charge in [0.25, 0.3) is 0 Å². The number of benzene rings is 1. The van der Waals surface area contributed by atoms with Crippen molar-refractivity contribution in [3.05, 3.63) is 39.7 Å². The monoisotopic (exact) mass is 436 g/mol. The fourth-order valence-corrected chi connectivity index (χ4v) is 3.17. The molecule has 2 rings (SSSR count). The topological polar surface area (TPSA) is 112 Å². The summed E-state index contributed by atoms with van der Waals surface area (Å²) >= 11 is 3.36. The Kier molecular flexibility index (Phi) is 6.50. The summed E-state index contributed by atoms with van der Waals surface area (Å²) < 4.78 is 16.8. The Bertz CT molecular complexity index is 804. The second-order valence-electron chi connectivity index (χ2n) is 6.60. The lowest BCUT2D eigenvalue weighted by Gasteiger charge is -2.30. The number of carbonyl (C=O) groups excluding carboxylic acids is 2. The van der Waals surface area contributed by atoms with Gasteiger partial charge in [0.1, 0.15) is 11.8 Å². The van der Waals surface area contributed by atoms with Crippen LogP contribution in [0.5, 0.6) is 5.75 Å². The van der Waals surface area contributed by atoms with E-state index in [1.165, 1.54) is 0 Å². The lowest BCUT2D eigenvalue weighted by Crippen LogP contribution is -2.38. The molecule has 1 aliphatic rings. The van der Waals surface area contributed by atoms with Gasteiger partial charge in [-0.3, -0.25) is 9.59 Å². The largest absolute Gasteiger partial charge is 0.462 e. The predicted molar refractivity (Wildman–Crippen MR) is 100 cm³/mol. The number of fused-ring (bicyclic) bond motifs is 1. The van der Waals surface area contributed by atoms with Crippen LogP contribution in [-0.2, 0) is 19.1 Å². The maximum Gasteiger partial charge on any atom is 0.321 e. The number of esters is 2. The summed E-state index contributed by atoms with van der Waals surface area (Å²) in [7, 11) is 0. The maximum absolute atomic E-state index is 12.8. The lowest BCUT2D eigenvalue weighted by atomic mass is 9.79. The van der Waals surface area contributed by atoms with Gasteiger partial charge >= 0.3 is 11.9 Å². The molecule has 0 saturated heterocycles. The molecule has 7 nitrogen and oxygen atoms in total. The number of carbonyl (C=O) groups is 2. The van der Waals surface area contributed by atoms with Crippen LogP contribution in [-0.4, -0.2) is 24.1 Å². The summed E-state index contributed by atoms with van der Waals surface area (Å²) in [5.74, 6) is -3.73. The Morgan fingerprint density at radius 2 is 1.74 bits per heavy atom. The van der Waals surface area contributed by atoms with Crippen LogP contribution in [0.2, 0.25) is 0 Å². The van der Waals surface area contributed by atoms with E-state index in [9.17, 15) is 14.9 Å². The van der Waals surface area contributed by atoms with E-state index in [4.69, 9.17) is 19.9 Å². The van der Waals surface area contributed by atoms with Crippen molar-refractivity contribution in [2.24, 2.45) is 11.7 Å². The maximum atomic E-state index is 12.8. The molecule has 2 N–H and O–H groups in total. The number of hydrogen-bond acceptors (Lipinski definition) is 7. The van der Waals surface area contributed by atoms with Crippen LogP contribution in [0.1, 0.15) is 39.2 Å². The standard InChI is InChI=1S/C19H21BrN2O5/c1-9(2)25-18(23)16(19(24)26-10(3)4)15-12-7-11(20)5-6-14(12)27-17(22)13(15)8-21/h5-7,9-10,15-16H,22H2,1-4H3/t15-/m1/s1. The van der Waals surface area contributed by atoms with Gasteiger partial charge in [-0.05, 0) is 45.9 Å². The Morgan fingerprint density at radius 1 is 1.19 bits per heavy atom. The molecule has 144 valence electrons. The van der Waals surface area contributed by atoms with E-state index in [1.54, 1.807) is 45.9 Å². The Morgan fingerprint density at radius 3 is 2.22 bits per heavy atom. The fraction of sp³-hybridized carbons (Fsp3) is 0.421. The summed E-state index contributed by atoms with van der Waals surface area (Å²) in [6.07, 6.45) is -0.888. The van der Waals surface area contributed by atoms with Crippen molar-refractivity contribution >= 4 is 27.9 Å². The normalized spacial score (nSPS) is 16.0. The molecule has 1 aromatic rings. The van der Waals surface area contributed by atoms with Crippen LogP contribution in [0.25, 0.3) is 0 Å². The highest BCUT2D eigenvalue weighted by molar-refractivity contribution is 9.10. The number of rotatable bonds is 5. The minimum Gasteiger partial charge on any atom is -0.462 e. The van der Waals surface area contributed by atoms with Crippen LogP contribution in [0, 0.1) is 17.2 Å². The Balaban J connectivity index is 2.64. The molecule has 0 amide bonds. The molecule has 8 heteroatoms. The van der Waals surface area contributed by atoms with Gasteiger partial charge in [-0.1, -0.05) is 15.9 Å². The Hall–Kier alpha value is -2.53. The molecule has 0 unspecified atom stereocenters. The fourth-order valence-electron chi connectivity index (χ4n) is 2.79. The zero-order valence-corrected chi connectivity index (χ0v) is 17.1. The molecular formula is C19H21BrN2O5. The first-order valence-corrected chi connectivity index (χ1v) is 9.23. The molecule has 1 aliphatic heterocycles. The smallest absolute Gasteiger partial charge is 0.321 e. The highest BCUT2D eigenvalue weighted by atomic mass is 79.9. The summed E-state index contributed by atoms with van der Waals surface area (Å²) in [6.45, 7) is 6.69. The second kappa shape index (κ2) is 8.44. The number of ether oxygens (including phenoxy) is 3. The van der Waals surface area contributed by atoms with Crippen LogP contribution < -0.4 is 10.5 Å². The van der Waals surface area contributed by atoms with Gasteiger partial charge in [0.05, 0.1) is 23.7 Å². The summed E-state index contributed by atoms with van der Waals surface area (Å²) in [5, 5.41) is 9.62. The molecule has 1 atom stereocenters. The van der Waals surface area contributed by atoms with Gasteiger partial charge in [0, 0.05) is 10.0 Å². The van der Waals surface area contributed by atoms with E-state index < -0.39 is 36.0 Å². The van der Waals surface area contributed by atoms with Gasteiger partial charge in [-0.25, -0.2) is 0 Å². The van der Waals surface area contributed by atoms with Gasteiger partial charge < -0.3 is 19.9 Å². The molecule has 0 spiro atoms. The molecular weight excluding hydrogens is 416 g/mol. The summed E-state index contributed by atoms with van der Waals surface area (Å²) in [4.78, 5) is 25.6. The highest BCUT2D eigenvalue weighted by Gasteiger charge is 2.45. The van der Waals surface area contributed by atoms with Crippen LogP contribution in [0.4, 0.5) is 0 Å². The number of nitriles is 1. The average molecular weight is 437 g/mol. The molecule has 0 bridgehead atoms. The first-order chi connectivity index (χ1) is 12.6. The zero-order chi connectivity index (χ0) is 20.3. The minimum atomic E-state index is -1.39. The number of nitrogens with zero attached hydrogens (tertiary/aromatic N) is 1. The average Bonchev–Trinajstić information content (AvgIpc) is 2.54. The first-order valence-electron chi connectivity index (χ1n) is 8.43. The van der Waals surface area contributed by atoms with Gasteiger partial charge in [0.2, 0.25) is 5.88 Å².